The van der Waals surface area contributed by atoms with Gasteiger partial charge in [-0.1, -0.05) is 12.1 Å². The Morgan fingerprint density at radius 1 is 1.50 bits per heavy atom. The van der Waals surface area contributed by atoms with Gasteiger partial charge in [0, 0.05) is 41.4 Å². The first-order valence-electron chi connectivity index (χ1n) is 6.62. The molecule has 1 aromatic carbocycles. The number of hydroxylamine groups is 1. The molecule has 1 fully saturated rings. The van der Waals surface area contributed by atoms with Gasteiger partial charge in [0.15, 0.2) is 6.29 Å². The van der Waals surface area contributed by atoms with Crippen LogP contribution in [0.25, 0.3) is 0 Å². The van der Waals surface area contributed by atoms with Crippen molar-refractivity contribution in [2.24, 2.45) is 0 Å². The summed E-state index contributed by atoms with van der Waals surface area (Å²) in [5.41, 5.74) is 3.77. The summed E-state index contributed by atoms with van der Waals surface area (Å²) in [5, 5.41) is 0. The lowest BCUT2D eigenvalue weighted by molar-refractivity contribution is -0.186. The highest BCUT2D eigenvalue weighted by atomic mass is 32.2. The predicted molar refractivity (Wildman–Crippen MR) is 76.4 cm³/mol. The molecule has 1 saturated heterocycles. The second-order valence-corrected chi connectivity index (χ2v) is 6.20. The topological polar surface area (TPSA) is 64.6 Å². The third kappa shape index (κ3) is 4.70. The quantitative estimate of drug-likeness (QED) is 0.841. The predicted octanol–water partition coefficient (Wildman–Crippen LogP) is 1.75. The lowest BCUT2D eigenvalue weighted by atomic mass is 10.1. The second kappa shape index (κ2) is 7.52. The molecule has 0 aliphatic carbocycles. The van der Waals surface area contributed by atoms with Crippen molar-refractivity contribution in [3.63, 3.8) is 0 Å². The summed E-state index contributed by atoms with van der Waals surface area (Å²) < 4.78 is 16.6. The number of benzene rings is 1. The Labute approximate surface area is 121 Å². The van der Waals surface area contributed by atoms with Crippen molar-refractivity contribution in [2.45, 2.75) is 31.3 Å². The van der Waals surface area contributed by atoms with Gasteiger partial charge < -0.3 is 4.74 Å². The monoisotopic (exact) mass is 297 g/mol. The first-order chi connectivity index (χ1) is 9.65. The molecule has 2 atom stereocenters. The second-order valence-electron chi connectivity index (χ2n) is 4.76. The average molecular weight is 297 g/mol. The largest absolute Gasteiger partial charge is 0.350 e. The molecule has 0 bridgehead atoms. The summed E-state index contributed by atoms with van der Waals surface area (Å²) in [4.78, 5) is 17.2. The van der Waals surface area contributed by atoms with E-state index < -0.39 is 10.8 Å². The number of hydrogen-bond donors (Lipinski definition) is 1. The normalized spacial score (nSPS) is 20.4. The average Bonchev–Trinajstić information content (AvgIpc) is 2.45. The van der Waals surface area contributed by atoms with E-state index in [9.17, 15) is 9.00 Å². The van der Waals surface area contributed by atoms with Crippen molar-refractivity contribution >= 4 is 16.7 Å². The van der Waals surface area contributed by atoms with Crippen molar-refractivity contribution in [1.82, 2.24) is 5.48 Å². The number of carbonyl (C=O) groups is 1. The van der Waals surface area contributed by atoms with Gasteiger partial charge in [-0.25, -0.2) is 10.3 Å². The number of carbonyl (C=O) groups excluding carboxylic acids is 1. The Bertz CT molecular complexity index is 486. The first-order valence-corrected chi connectivity index (χ1v) is 8.34. The summed E-state index contributed by atoms with van der Waals surface area (Å²) >= 11 is 0. The number of amides is 1. The van der Waals surface area contributed by atoms with Crippen molar-refractivity contribution in [2.75, 3.05) is 12.9 Å². The summed E-state index contributed by atoms with van der Waals surface area (Å²) in [7, 11) is -0.929. The highest BCUT2D eigenvalue weighted by molar-refractivity contribution is 7.83. The van der Waals surface area contributed by atoms with Gasteiger partial charge in [-0.05, 0) is 30.5 Å². The van der Waals surface area contributed by atoms with E-state index in [1.807, 2.05) is 6.07 Å². The van der Waals surface area contributed by atoms with E-state index in [-0.39, 0.29) is 12.2 Å². The Morgan fingerprint density at radius 3 is 3.05 bits per heavy atom. The van der Waals surface area contributed by atoms with E-state index >= 15 is 0 Å². The minimum Gasteiger partial charge on any atom is -0.350 e. The lowest BCUT2D eigenvalue weighted by Gasteiger charge is -2.22. The van der Waals surface area contributed by atoms with Gasteiger partial charge in [-0.2, -0.15) is 0 Å². The molecule has 0 aromatic heterocycles. The zero-order chi connectivity index (χ0) is 14.4. The molecule has 2 rings (SSSR count). The SMILES string of the molecule is CS(=O)Cc1cccc(C(=O)NOC2CCCCO2)c1. The minimum absolute atomic E-state index is 0.317. The summed E-state index contributed by atoms with van der Waals surface area (Å²) in [6.45, 7) is 0.665. The number of ether oxygens (including phenoxy) is 1. The molecule has 0 saturated carbocycles. The highest BCUT2D eigenvalue weighted by Gasteiger charge is 2.16. The molecule has 1 heterocycles. The fourth-order valence-corrected chi connectivity index (χ4v) is 2.67. The molecule has 20 heavy (non-hydrogen) atoms. The van der Waals surface area contributed by atoms with Gasteiger partial charge in [0.1, 0.15) is 0 Å². The van der Waals surface area contributed by atoms with Crippen molar-refractivity contribution < 1.29 is 18.6 Å². The van der Waals surface area contributed by atoms with Crippen molar-refractivity contribution in [3.8, 4) is 0 Å². The van der Waals surface area contributed by atoms with Crippen LogP contribution in [-0.2, 0) is 26.1 Å². The van der Waals surface area contributed by atoms with Gasteiger partial charge >= 0.3 is 0 Å². The molecular formula is C14H19NO4S. The zero-order valence-corrected chi connectivity index (χ0v) is 12.3. The molecule has 1 amide bonds. The Balaban J connectivity index is 1.89. The zero-order valence-electron chi connectivity index (χ0n) is 11.5. The Hall–Kier alpha value is -1.24. The van der Waals surface area contributed by atoms with Crippen LogP contribution in [0.3, 0.4) is 0 Å². The van der Waals surface area contributed by atoms with Gasteiger partial charge in [0.25, 0.3) is 5.91 Å². The van der Waals surface area contributed by atoms with E-state index in [4.69, 9.17) is 9.57 Å². The minimum atomic E-state index is -0.929. The molecule has 2 unspecified atom stereocenters. The number of hydrogen-bond acceptors (Lipinski definition) is 4. The molecule has 0 spiro atoms. The van der Waals surface area contributed by atoms with Crippen molar-refractivity contribution in [1.29, 1.82) is 0 Å². The summed E-state index contributed by atoms with van der Waals surface area (Å²) in [5.74, 6) is 0.121. The summed E-state index contributed by atoms with van der Waals surface area (Å²) in [6.07, 6.45) is 4.13. The molecule has 0 radical (unpaired) electrons. The van der Waals surface area contributed by atoms with Crippen LogP contribution in [0.2, 0.25) is 0 Å². The van der Waals surface area contributed by atoms with E-state index in [1.54, 1.807) is 24.5 Å². The van der Waals surface area contributed by atoms with Gasteiger partial charge in [-0.15, -0.1) is 0 Å². The molecule has 110 valence electrons. The maximum Gasteiger partial charge on any atom is 0.274 e. The molecule has 1 aliphatic heterocycles. The molecule has 1 aliphatic rings. The van der Waals surface area contributed by atoms with Gasteiger partial charge in [0.05, 0.1) is 0 Å². The molecule has 6 heteroatoms. The van der Waals surface area contributed by atoms with Crippen LogP contribution >= 0.6 is 0 Å². The molecular weight excluding hydrogens is 278 g/mol. The van der Waals surface area contributed by atoms with Crippen LogP contribution in [0, 0.1) is 0 Å². The fraction of sp³-hybridized carbons (Fsp3) is 0.500. The standard InChI is InChI=1S/C14H19NO4S/c1-20(17)10-11-5-4-6-12(9-11)14(16)15-19-13-7-2-3-8-18-13/h4-6,9,13H,2-3,7-8,10H2,1H3,(H,15,16). The van der Waals surface area contributed by atoms with E-state index in [0.29, 0.717) is 17.9 Å². The Morgan fingerprint density at radius 2 is 2.35 bits per heavy atom. The van der Waals surface area contributed by atoms with Crippen LogP contribution in [-0.4, -0.2) is 29.3 Å². The van der Waals surface area contributed by atoms with E-state index in [2.05, 4.69) is 5.48 Å². The van der Waals surface area contributed by atoms with Gasteiger partial charge in [-0.3, -0.25) is 9.00 Å². The van der Waals surface area contributed by atoms with Crippen LogP contribution in [0.5, 0.6) is 0 Å². The maximum atomic E-state index is 12.0. The molecule has 1 N–H and O–H groups in total. The van der Waals surface area contributed by atoms with Crippen LogP contribution < -0.4 is 5.48 Å². The smallest absolute Gasteiger partial charge is 0.274 e. The highest BCUT2D eigenvalue weighted by Crippen LogP contribution is 2.13. The Kier molecular flexibility index (Phi) is 5.70. The van der Waals surface area contributed by atoms with Crippen LogP contribution in [0.4, 0.5) is 0 Å². The van der Waals surface area contributed by atoms with Gasteiger partial charge in [0.2, 0.25) is 0 Å². The molecule has 5 nitrogen and oxygen atoms in total. The maximum absolute atomic E-state index is 12.0. The number of nitrogens with one attached hydrogen (secondary N) is 1. The fourth-order valence-electron chi connectivity index (χ4n) is 2.02. The van der Waals surface area contributed by atoms with E-state index in [0.717, 1.165) is 24.8 Å². The van der Waals surface area contributed by atoms with E-state index in [1.165, 1.54) is 0 Å². The third-order valence-electron chi connectivity index (χ3n) is 2.98. The molecule has 1 aromatic rings. The van der Waals surface area contributed by atoms with Crippen molar-refractivity contribution in [3.05, 3.63) is 35.4 Å². The number of rotatable bonds is 5. The van der Waals surface area contributed by atoms with Crippen LogP contribution in [0.15, 0.2) is 24.3 Å². The summed E-state index contributed by atoms with van der Waals surface area (Å²) in [6, 6.07) is 7.04. The van der Waals surface area contributed by atoms with Crippen LogP contribution in [0.1, 0.15) is 35.2 Å². The third-order valence-corrected chi connectivity index (χ3v) is 3.72. The lowest BCUT2D eigenvalue weighted by Crippen LogP contribution is -2.33. The first kappa shape index (κ1) is 15.2.